The Bertz CT molecular complexity index is 1730. The number of fused-ring (bicyclic) bond motifs is 2. The molecule has 41 heavy (non-hydrogen) atoms. The van der Waals surface area contributed by atoms with Crippen molar-refractivity contribution in [1.82, 2.24) is 15.2 Å². The molecule has 1 aromatic heterocycles. The van der Waals surface area contributed by atoms with Crippen LogP contribution in [0.1, 0.15) is 38.4 Å². The lowest BCUT2D eigenvalue weighted by Crippen LogP contribution is -2.30. The van der Waals surface area contributed by atoms with E-state index in [1.54, 1.807) is 18.3 Å². The van der Waals surface area contributed by atoms with Gasteiger partial charge in [-0.25, -0.2) is 13.4 Å². The van der Waals surface area contributed by atoms with E-state index in [-0.39, 0.29) is 33.2 Å². The summed E-state index contributed by atoms with van der Waals surface area (Å²) in [6.07, 6.45) is 4.09. The highest BCUT2D eigenvalue weighted by atomic mass is 32.2. The molecule has 1 atom stereocenters. The van der Waals surface area contributed by atoms with E-state index in [1.165, 1.54) is 48.1 Å². The summed E-state index contributed by atoms with van der Waals surface area (Å²) >= 11 is 1.47. The first-order chi connectivity index (χ1) is 19.8. The maximum atomic E-state index is 13.2. The second-order valence-electron chi connectivity index (χ2n) is 10.1. The minimum absolute atomic E-state index is 0.0539. The van der Waals surface area contributed by atoms with Crippen LogP contribution in [0.15, 0.2) is 82.7 Å². The van der Waals surface area contributed by atoms with Crippen LogP contribution in [0.5, 0.6) is 5.75 Å². The van der Waals surface area contributed by atoms with Gasteiger partial charge in [-0.3, -0.25) is 9.59 Å². The van der Waals surface area contributed by atoms with Gasteiger partial charge in [0.25, 0.3) is 11.8 Å². The van der Waals surface area contributed by atoms with Crippen molar-refractivity contribution < 1.29 is 22.7 Å². The predicted molar refractivity (Wildman–Crippen MR) is 156 cm³/mol. The number of rotatable bonds is 7. The lowest BCUT2D eigenvalue weighted by Gasteiger charge is -2.19. The van der Waals surface area contributed by atoms with E-state index in [1.807, 2.05) is 24.3 Å². The van der Waals surface area contributed by atoms with Gasteiger partial charge in [0.1, 0.15) is 17.4 Å². The standard InChI is InChI=1S/C30H28N4O5S2/c1-34-14-4-5-21(34)18-39-22-11-8-19(9-12-22)30-32-17-23(40-30)16-31-28(35)20-10-13-27-25(15-20)33-29(36)24-6-2-3-7-26(24)41(27,37)38/h2-3,6-13,15,17,21H,4-5,14,16,18H2,1H3,(H,31,35)(H,33,36). The first-order valence-electron chi connectivity index (χ1n) is 13.3. The van der Waals surface area contributed by atoms with Crippen LogP contribution in [0.3, 0.4) is 0 Å². The predicted octanol–water partition coefficient (Wildman–Crippen LogP) is 4.61. The number of ether oxygens (including phenoxy) is 1. The fourth-order valence-electron chi connectivity index (χ4n) is 5.07. The van der Waals surface area contributed by atoms with Gasteiger partial charge in [0, 0.05) is 28.2 Å². The zero-order valence-electron chi connectivity index (χ0n) is 22.3. The third kappa shape index (κ3) is 5.48. The average Bonchev–Trinajstić information content (AvgIpc) is 3.62. The number of hydrogen-bond acceptors (Lipinski definition) is 8. The molecule has 2 aliphatic heterocycles. The summed E-state index contributed by atoms with van der Waals surface area (Å²) in [5.74, 6) is -0.115. The monoisotopic (exact) mass is 588 g/mol. The minimum atomic E-state index is -3.94. The molecule has 4 aromatic rings. The molecule has 1 fully saturated rings. The van der Waals surface area contributed by atoms with Gasteiger partial charge >= 0.3 is 0 Å². The summed E-state index contributed by atoms with van der Waals surface area (Å²) < 4.78 is 32.3. The smallest absolute Gasteiger partial charge is 0.257 e. The largest absolute Gasteiger partial charge is 0.492 e. The number of nitrogens with one attached hydrogen (secondary N) is 2. The van der Waals surface area contributed by atoms with Gasteiger partial charge in [0.05, 0.1) is 27.6 Å². The van der Waals surface area contributed by atoms with E-state index in [0.29, 0.717) is 12.6 Å². The molecule has 0 spiro atoms. The number of carbonyl (C=O) groups excluding carboxylic acids is 2. The SMILES string of the molecule is CN1CCCC1COc1ccc(-c2ncc(CNC(=O)c3ccc4c(c3)NC(=O)c3ccccc3S4(=O)=O)s2)cc1. The summed E-state index contributed by atoms with van der Waals surface area (Å²) in [4.78, 5) is 33.2. The fraction of sp³-hybridized carbons (Fsp3) is 0.233. The van der Waals surface area contributed by atoms with E-state index >= 15 is 0 Å². The Morgan fingerprint density at radius 1 is 1.12 bits per heavy atom. The maximum Gasteiger partial charge on any atom is 0.257 e. The molecule has 2 amide bonds. The van der Waals surface area contributed by atoms with E-state index in [0.717, 1.165) is 34.2 Å². The maximum absolute atomic E-state index is 13.2. The Kier molecular flexibility index (Phi) is 7.33. The molecule has 3 heterocycles. The van der Waals surface area contributed by atoms with E-state index < -0.39 is 21.7 Å². The lowest BCUT2D eigenvalue weighted by atomic mass is 10.1. The Labute approximate surface area is 242 Å². The number of carbonyl (C=O) groups is 2. The summed E-state index contributed by atoms with van der Waals surface area (Å²) in [5.41, 5.74) is 1.33. The number of thiazole rings is 1. The van der Waals surface area contributed by atoms with Crippen LogP contribution < -0.4 is 15.4 Å². The average molecular weight is 589 g/mol. The molecule has 0 bridgehead atoms. The van der Waals surface area contributed by atoms with Gasteiger partial charge in [-0.2, -0.15) is 0 Å². The molecule has 210 valence electrons. The van der Waals surface area contributed by atoms with Crippen molar-refractivity contribution in [1.29, 1.82) is 0 Å². The van der Waals surface area contributed by atoms with Crippen LogP contribution in [-0.4, -0.2) is 56.4 Å². The first-order valence-corrected chi connectivity index (χ1v) is 15.6. The summed E-state index contributed by atoms with van der Waals surface area (Å²) in [6.45, 7) is 2.04. The quantitative estimate of drug-likeness (QED) is 0.324. The van der Waals surface area contributed by atoms with Crippen molar-refractivity contribution in [2.24, 2.45) is 0 Å². The molecule has 2 N–H and O–H groups in total. The summed E-state index contributed by atoms with van der Waals surface area (Å²) in [6, 6.07) is 18.5. The number of amides is 2. The second-order valence-corrected chi connectivity index (χ2v) is 13.1. The zero-order chi connectivity index (χ0) is 28.6. The van der Waals surface area contributed by atoms with Crippen LogP contribution in [0.25, 0.3) is 10.6 Å². The minimum Gasteiger partial charge on any atom is -0.492 e. The highest BCUT2D eigenvalue weighted by molar-refractivity contribution is 7.91. The van der Waals surface area contributed by atoms with Crippen LogP contribution in [0.4, 0.5) is 5.69 Å². The summed E-state index contributed by atoms with van der Waals surface area (Å²) in [5, 5.41) is 6.32. The molecule has 2 aliphatic rings. The molecule has 1 unspecified atom stereocenters. The number of likely N-dealkylation sites (N-methyl/N-ethyl adjacent to an activating group) is 1. The van der Waals surface area contributed by atoms with Gasteiger partial charge in [0.2, 0.25) is 9.84 Å². The highest BCUT2D eigenvalue weighted by Gasteiger charge is 2.31. The fourth-order valence-corrected chi connectivity index (χ4v) is 7.52. The van der Waals surface area contributed by atoms with Crippen molar-refractivity contribution in [3.8, 4) is 16.3 Å². The van der Waals surface area contributed by atoms with Crippen molar-refractivity contribution >= 4 is 38.7 Å². The van der Waals surface area contributed by atoms with Crippen molar-refractivity contribution in [2.75, 3.05) is 25.5 Å². The molecular weight excluding hydrogens is 560 g/mol. The Morgan fingerprint density at radius 2 is 1.93 bits per heavy atom. The first kappa shape index (κ1) is 27.1. The third-order valence-electron chi connectivity index (χ3n) is 7.39. The van der Waals surface area contributed by atoms with Crippen molar-refractivity contribution in [3.63, 3.8) is 0 Å². The van der Waals surface area contributed by atoms with Crippen LogP contribution in [0.2, 0.25) is 0 Å². The highest BCUT2D eigenvalue weighted by Crippen LogP contribution is 2.34. The summed E-state index contributed by atoms with van der Waals surface area (Å²) in [7, 11) is -1.81. The topological polar surface area (TPSA) is 118 Å². The second kappa shape index (κ2) is 11.1. The van der Waals surface area contributed by atoms with Crippen LogP contribution in [-0.2, 0) is 16.4 Å². The van der Waals surface area contributed by atoms with Crippen LogP contribution >= 0.6 is 11.3 Å². The van der Waals surface area contributed by atoms with Gasteiger partial charge in [-0.05, 0) is 81.0 Å². The van der Waals surface area contributed by atoms with Gasteiger partial charge in [-0.15, -0.1) is 11.3 Å². The molecule has 6 rings (SSSR count). The van der Waals surface area contributed by atoms with Gasteiger partial charge in [0.15, 0.2) is 0 Å². The van der Waals surface area contributed by atoms with E-state index in [2.05, 4.69) is 27.6 Å². The molecule has 3 aromatic carbocycles. The third-order valence-corrected chi connectivity index (χ3v) is 10.3. The van der Waals surface area contributed by atoms with Crippen LogP contribution in [0, 0.1) is 0 Å². The molecule has 9 nitrogen and oxygen atoms in total. The van der Waals surface area contributed by atoms with Gasteiger partial charge < -0.3 is 20.3 Å². The zero-order valence-corrected chi connectivity index (χ0v) is 23.9. The number of anilines is 1. The normalized spacial score (nSPS) is 17.7. The molecule has 0 aliphatic carbocycles. The van der Waals surface area contributed by atoms with E-state index in [4.69, 9.17) is 4.74 Å². The Morgan fingerprint density at radius 3 is 2.71 bits per heavy atom. The number of hydrogen-bond donors (Lipinski definition) is 2. The molecule has 0 radical (unpaired) electrons. The molecule has 1 saturated heterocycles. The molecule has 11 heteroatoms. The Balaban J connectivity index is 1.10. The number of nitrogens with zero attached hydrogens (tertiary/aromatic N) is 2. The van der Waals surface area contributed by atoms with Crippen molar-refractivity contribution in [2.45, 2.75) is 35.2 Å². The number of aromatic nitrogens is 1. The number of sulfone groups is 1. The molecular formula is C30H28N4O5S2. The Hall–Kier alpha value is -4.06. The lowest BCUT2D eigenvalue weighted by molar-refractivity contribution is 0.0949. The van der Waals surface area contributed by atoms with E-state index in [9.17, 15) is 18.0 Å². The number of benzene rings is 3. The number of likely N-dealkylation sites (tertiary alicyclic amines) is 1. The molecule has 0 saturated carbocycles. The van der Waals surface area contributed by atoms with Gasteiger partial charge in [-0.1, -0.05) is 12.1 Å². The van der Waals surface area contributed by atoms with Crippen molar-refractivity contribution in [3.05, 3.63) is 88.9 Å².